The highest BCUT2D eigenvalue weighted by molar-refractivity contribution is 6.12. The van der Waals surface area contributed by atoms with Gasteiger partial charge in [0, 0.05) is 44.8 Å². The molecule has 4 nitrogen and oxygen atoms in total. The molecule has 1 aromatic heterocycles. The second-order valence-electron chi connectivity index (χ2n) is 14.4. The molecule has 2 aliphatic rings. The summed E-state index contributed by atoms with van der Waals surface area (Å²) >= 11 is 0. The van der Waals surface area contributed by atoms with Crippen LogP contribution in [0.4, 0.5) is 11.4 Å². The molecule has 0 N–H and O–H groups in total. The minimum absolute atomic E-state index is 0.0917. The molecule has 11 rings (SSSR count). The van der Waals surface area contributed by atoms with Crippen LogP contribution in [0, 0.1) is 0 Å². The van der Waals surface area contributed by atoms with Gasteiger partial charge in [-0.15, -0.1) is 0 Å². The van der Waals surface area contributed by atoms with E-state index in [0.717, 1.165) is 44.3 Å². The summed E-state index contributed by atoms with van der Waals surface area (Å²) < 4.78 is 0. The fourth-order valence-corrected chi connectivity index (χ4v) is 8.74. The lowest BCUT2D eigenvalue weighted by molar-refractivity contribution is 0.669. The molecular formula is C51H34N4. The monoisotopic (exact) mass is 702 g/mol. The summed E-state index contributed by atoms with van der Waals surface area (Å²) in [5.74, 6) is 2.14. The molecule has 2 unspecified atom stereocenters. The number of nitrogens with zero attached hydrogens (tertiary/aromatic N) is 4. The van der Waals surface area contributed by atoms with E-state index in [0.29, 0.717) is 17.5 Å². The van der Waals surface area contributed by atoms with Crippen molar-refractivity contribution in [2.24, 2.45) is 0 Å². The van der Waals surface area contributed by atoms with Crippen LogP contribution in [0.25, 0.3) is 72.9 Å². The van der Waals surface area contributed by atoms with Crippen LogP contribution in [-0.2, 0) is 0 Å². The molecule has 0 saturated carbocycles. The molecule has 9 aromatic rings. The Labute approximate surface area is 319 Å². The largest absolute Gasteiger partial charge is 0.332 e. The first-order chi connectivity index (χ1) is 27.3. The predicted molar refractivity (Wildman–Crippen MR) is 226 cm³/mol. The summed E-state index contributed by atoms with van der Waals surface area (Å²) in [4.78, 5) is 18.1. The molecule has 0 saturated heterocycles. The van der Waals surface area contributed by atoms with Gasteiger partial charge in [-0.2, -0.15) is 0 Å². The van der Waals surface area contributed by atoms with Gasteiger partial charge in [0.1, 0.15) is 0 Å². The first kappa shape index (κ1) is 31.4. The lowest BCUT2D eigenvalue weighted by atomic mass is 9.82. The maximum absolute atomic E-state index is 5.23. The number of benzene rings is 8. The van der Waals surface area contributed by atoms with E-state index in [1.807, 2.05) is 36.4 Å². The number of fused-ring (bicyclic) bond motifs is 7. The lowest BCUT2D eigenvalue weighted by Crippen LogP contribution is -2.24. The van der Waals surface area contributed by atoms with Crippen LogP contribution in [-0.4, -0.2) is 15.0 Å². The average molecular weight is 703 g/mol. The third kappa shape index (κ3) is 5.18. The summed E-state index contributed by atoms with van der Waals surface area (Å²) in [6.45, 7) is 0. The molecule has 0 amide bonds. The maximum Gasteiger partial charge on any atom is 0.164 e. The summed E-state index contributed by atoms with van der Waals surface area (Å²) in [6.07, 6.45) is 4.72. The van der Waals surface area contributed by atoms with E-state index in [1.165, 1.54) is 33.2 Å². The van der Waals surface area contributed by atoms with E-state index in [9.17, 15) is 0 Å². The molecule has 4 heteroatoms. The molecular weight excluding hydrogens is 669 g/mol. The minimum atomic E-state index is 0.0917. The molecule has 0 bridgehead atoms. The van der Waals surface area contributed by atoms with Gasteiger partial charge in [0.05, 0.1) is 6.04 Å². The van der Waals surface area contributed by atoms with Crippen LogP contribution in [0.3, 0.4) is 0 Å². The standard InChI is InChI=1S/C51H34N4/c1-4-15-33(16-5-1)39-25-14-26-42-45(55-46-32-38-23-11-10-22-37(38)31-44(46)41-28-27-34-17-12-13-24-40(34)48(41)55)30-29-43(47(39)42)51-53-49(35-18-6-2-7-19-35)52-50(54-51)36-20-8-3-9-21-36/h1-32,41,48H. The minimum Gasteiger partial charge on any atom is -0.332 e. The van der Waals surface area contributed by atoms with Gasteiger partial charge in [-0.3, -0.25) is 0 Å². The van der Waals surface area contributed by atoms with Crippen molar-refractivity contribution in [3.63, 3.8) is 0 Å². The Morgan fingerprint density at radius 2 is 1.02 bits per heavy atom. The van der Waals surface area contributed by atoms with Gasteiger partial charge in [0.25, 0.3) is 0 Å². The van der Waals surface area contributed by atoms with Crippen LogP contribution in [0.15, 0.2) is 188 Å². The van der Waals surface area contributed by atoms with Crippen molar-refractivity contribution in [2.45, 2.75) is 12.0 Å². The zero-order valence-electron chi connectivity index (χ0n) is 29.9. The van der Waals surface area contributed by atoms with E-state index in [4.69, 9.17) is 15.0 Å². The van der Waals surface area contributed by atoms with Gasteiger partial charge in [-0.25, -0.2) is 15.0 Å². The molecule has 258 valence electrons. The topological polar surface area (TPSA) is 41.9 Å². The molecule has 1 aliphatic carbocycles. The maximum atomic E-state index is 5.23. The van der Waals surface area contributed by atoms with E-state index in [-0.39, 0.29) is 12.0 Å². The van der Waals surface area contributed by atoms with Crippen LogP contribution >= 0.6 is 0 Å². The number of rotatable bonds is 5. The Morgan fingerprint density at radius 1 is 0.418 bits per heavy atom. The van der Waals surface area contributed by atoms with Gasteiger partial charge in [0.2, 0.25) is 0 Å². The number of hydrogen-bond donors (Lipinski definition) is 0. The van der Waals surface area contributed by atoms with E-state index in [2.05, 4.69) is 163 Å². The highest BCUT2D eigenvalue weighted by atomic mass is 15.2. The third-order valence-corrected chi connectivity index (χ3v) is 11.2. The highest BCUT2D eigenvalue weighted by Crippen LogP contribution is 2.58. The van der Waals surface area contributed by atoms with Crippen LogP contribution in [0.1, 0.15) is 28.7 Å². The van der Waals surface area contributed by atoms with Crippen molar-refractivity contribution in [3.8, 4) is 45.3 Å². The molecule has 0 radical (unpaired) electrons. The summed E-state index contributed by atoms with van der Waals surface area (Å²) in [7, 11) is 0. The Bertz CT molecular complexity index is 2880. The normalized spacial score (nSPS) is 15.5. The van der Waals surface area contributed by atoms with Crippen LogP contribution in [0.2, 0.25) is 0 Å². The number of anilines is 2. The van der Waals surface area contributed by atoms with Gasteiger partial charge in [-0.05, 0) is 62.9 Å². The predicted octanol–water partition coefficient (Wildman–Crippen LogP) is 12.8. The van der Waals surface area contributed by atoms with Crippen LogP contribution in [0.5, 0.6) is 0 Å². The van der Waals surface area contributed by atoms with Gasteiger partial charge in [-0.1, -0.05) is 170 Å². The fraction of sp³-hybridized carbons (Fsp3) is 0.0392. The molecule has 0 fully saturated rings. The van der Waals surface area contributed by atoms with Crippen molar-refractivity contribution >= 4 is 39.0 Å². The van der Waals surface area contributed by atoms with E-state index < -0.39 is 0 Å². The van der Waals surface area contributed by atoms with Gasteiger partial charge < -0.3 is 4.90 Å². The smallest absolute Gasteiger partial charge is 0.164 e. The third-order valence-electron chi connectivity index (χ3n) is 11.2. The number of aromatic nitrogens is 3. The summed E-state index contributed by atoms with van der Waals surface area (Å²) in [6, 6.07) is 64.8. The van der Waals surface area contributed by atoms with Crippen molar-refractivity contribution in [1.29, 1.82) is 0 Å². The van der Waals surface area contributed by atoms with E-state index in [1.54, 1.807) is 0 Å². The first-order valence-corrected chi connectivity index (χ1v) is 18.9. The Kier molecular flexibility index (Phi) is 7.27. The molecule has 55 heavy (non-hydrogen) atoms. The van der Waals surface area contributed by atoms with Crippen LogP contribution < -0.4 is 4.90 Å². The molecule has 2 heterocycles. The first-order valence-electron chi connectivity index (χ1n) is 18.9. The second kappa shape index (κ2) is 12.8. The van der Waals surface area contributed by atoms with Crippen molar-refractivity contribution in [2.75, 3.05) is 4.90 Å². The zero-order valence-corrected chi connectivity index (χ0v) is 29.9. The fourth-order valence-electron chi connectivity index (χ4n) is 8.74. The summed E-state index contributed by atoms with van der Waals surface area (Å²) in [5.41, 5.74) is 11.5. The molecule has 2 atom stereocenters. The van der Waals surface area contributed by atoms with Crippen molar-refractivity contribution in [3.05, 3.63) is 205 Å². The van der Waals surface area contributed by atoms with Gasteiger partial charge in [0.15, 0.2) is 17.5 Å². The molecule has 0 spiro atoms. The Hall–Kier alpha value is -7.17. The Morgan fingerprint density at radius 3 is 1.73 bits per heavy atom. The average Bonchev–Trinajstić information content (AvgIpc) is 3.59. The SMILES string of the molecule is C1=CC2c3cc4ccccc4cc3N(c3ccc(-c4nc(-c5ccccc5)nc(-c5ccccc5)n4)c4c(-c5ccccc5)cccc34)C2c2ccccc21. The van der Waals surface area contributed by atoms with Gasteiger partial charge >= 0.3 is 0 Å². The summed E-state index contributed by atoms with van der Waals surface area (Å²) in [5, 5.41) is 4.76. The molecule has 8 aromatic carbocycles. The molecule has 1 aliphatic heterocycles. The second-order valence-corrected chi connectivity index (χ2v) is 14.4. The Balaban J connectivity index is 1.21. The quantitative estimate of drug-likeness (QED) is 0.179. The zero-order chi connectivity index (χ0) is 36.3. The lowest BCUT2D eigenvalue weighted by Gasteiger charge is -2.34. The van der Waals surface area contributed by atoms with E-state index >= 15 is 0 Å². The number of hydrogen-bond acceptors (Lipinski definition) is 4. The highest BCUT2D eigenvalue weighted by Gasteiger charge is 2.42. The van der Waals surface area contributed by atoms with Crippen molar-refractivity contribution in [1.82, 2.24) is 15.0 Å². The van der Waals surface area contributed by atoms with Crippen molar-refractivity contribution < 1.29 is 0 Å².